The lowest BCUT2D eigenvalue weighted by atomic mass is 10.1. The lowest BCUT2D eigenvalue weighted by Gasteiger charge is -2.23. The van der Waals surface area contributed by atoms with Crippen molar-refractivity contribution in [2.24, 2.45) is 0 Å². The maximum Gasteiger partial charge on any atom is 0.319 e. The zero-order chi connectivity index (χ0) is 14.8. The van der Waals surface area contributed by atoms with Crippen molar-refractivity contribution < 1.29 is 9.18 Å². The molecule has 1 aliphatic rings. The van der Waals surface area contributed by atoms with Gasteiger partial charge in [0, 0.05) is 6.42 Å². The highest BCUT2D eigenvalue weighted by atomic mass is 35.5. The normalized spacial score (nSPS) is 17.1. The Balaban J connectivity index is 1.61. The van der Waals surface area contributed by atoms with Crippen molar-refractivity contribution >= 4 is 23.3 Å². The number of benzene rings is 1. The lowest BCUT2D eigenvalue weighted by molar-refractivity contribution is 0.243. The molecule has 1 atom stereocenters. The summed E-state index contributed by atoms with van der Waals surface area (Å²) in [5.41, 5.74) is 0.242. The number of nitrogens with one attached hydrogen (secondary N) is 2. The summed E-state index contributed by atoms with van der Waals surface area (Å²) < 4.78 is 14.9. The summed E-state index contributed by atoms with van der Waals surface area (Å²) in [6, 6.07) is 3.34. The minimum atomic E-state index is -0.459. The number of halogens is 2. The number of hydrogen-bond donors (Lipinski definition) is 2. The molecule has 0 fully saturated rings. The van der Waals surface area contributed by atoms with E-state index < -0.39 is 11.8 Å². The first-order valence-corrected chi connectivity index (χ1v) is 6.89. The van der Waals surface area contributed by atoms with Crippen molar-refractivity contribution in [2.45, 2.75) is 25.4 Å². The summed E-state index contributed by atoms with van der Waals surface area (Å²) in [6.45, 7) is 0.569. The molecule has 3 rings (SSSR count). The van der Waals surface area contributed by atoms with Crippen LogP contribution in [-0.2, 0) is 13.0 Å². The van der Waals surface area contributed by atoms with Gasteiger partial charge in [0.15, 0.2) is 0 Å². The number of fused-ring (bicyclic) bond motifs is 1. The first kappa shape index (κ1) is 13.8. The zero-order valence-electron chi connectivity index (χ0n) is 11.0. The van der Waals surface area contributed by atoms with Gasteiger partial charge in [-0.2, -0.15) is 5.10 Å². The van der Waals surface area contributed by atoms with Gasteiger partial charge in [0.1, 0.15) is 18.0 Å². The number of carbonyl (C=O) groups excluding carboxylic acids is 1. The van der Waals surface area contributed by atoms with Crippen molar-refractivity contribution in [1.82, 2.24) is 20.1 Å². The van der Waals surface area contributed by atoms with Crippen molar-refractivity contribution in [2.75, 3.05) is 5.32 Å². The standard InChI is InChI=1S/C13H13ClFN5O/c14-10-3-1-8(15)5-11(10)19-13(21)18-9-2-4-12-16-7-17-20(12)6-9/h1,3,5,7,9H,2,4,6H2,(H2,18,19,21)/t9-/m1/s1. The average Bonchev–Trinajstić information content (AvgIpc) is 2.90. The van der Waals surface area contributed by atoms with Crippen LogP contribution in [0.4, 0.5) is 14.9 Å². The van der Waals surface area contributed by atoms with Crippen LogP contribution in [0.25, 0.3) is 0 Å². The van der Waals surface area contributed by atoms with E-state index in [1.165, 1.54) is 24.5 Å². The van der Waals surface area contributed by atoms with E-state index in [1.54, 1.807) is 4.68 Å². The number of nitrogens with zero attached hydrogens (tertiary/aromatic N) is 3. The number of hydrogen-bond acceptors (Lipinski definition) is 3. The summed E-state index contributed by atoms with van der Waals surface area (Å²) >= 11 is 5.90. The molecule has 21 heavy (non-hydrogen) atoms. The molecule has 2 N–H and O–H groups in total. The van der Waals surface area contributed by atoms with E-state index in [0.29, 0.717) is 6.54 Å². The van der Waals surface area contributed by atoms with Crippen LogP contribution in [-0.4, -0.2) is 26.8 Å². The molecular formula is C13H13ClFN5O. The summed E-state index contributed by atoms with van der Waals surface area (Å²) in [5.74, 6) is 0.459. The van der Waals surface area contributed by atoms with E-state index in [2.05, 4.69) is 20.7 Å². The molecule has 110 valence electrons. The number of aromatic nitrogens is 3. The molecule has 1 aromatic heterocycles. The van der Waals surface area contributed by atoms with Crippen LogP contribution >= 0.6 is 11.6 Å². The number of anilines is 1. The number of amides is 2. The second-order valence-electron chi connectivity index (χ2n) is 4.82. The van der Waals surface area contributed by atoms with Gasteiger partial charge in [-0.1, -0.05) is 11.6 Å². The van der Waals surface area contributed by atoms with Crippen LogP contribution in [0.2, 0.25) is 5.02 Å². The first-order valence-electron chi connectivity index (χ1n) is 6.51. The molecule has 6 nitrogen and oxygen atoms in total. The van der Waals surface area contributed by atoms with Crippen molar-refractivity contribution in [3.05, 3.63) is 41.2 Å². The number of carbonyl (C=O) groups is 1. The summed E-state index contributed by atoms with van der Waals surface area (Å²) in [6.07, 6.45) is 3.04. The Morgan fingerprint density at radius 1 is 1.48 bits per heavy atom. The molecule has 0 radical (unpaired) electrons. The largest absolute Gasteiger partial charge is 0.333 e. The molecule has 0 saturated heterocycles. The van der Waals surface area contributed by atoms with Gasteiger partial charge < -0.3 is 10.6 Å². The fourth-order valence-electron chi connectivity index (χ4n) is 2.29. The molecule has 2 amide bonds. The van der Waals surface area contributed by atoms with Gasteiger partial charge in [0.2, 0.25) is 0 Å². The molecule has 0 spiro atoms. The molecule has 0 unspecified atom stereocenters. The SMILES string of the molecule is O=C(Nc1cc(F)ccc1Cl)N[C@@H]1CCc2ncnn2C1. The first-order chi connectivity index (χ1) is 10.1. The third-order valence-electron chi connectivity index (χ3n) is 3.32. The fraction of sp³-hybridized carbons (Fsp3) is 0.308. The quantitative estimate of drug-likeness (QED) is 0.893. The molecule has 2 aromatic rings. The molecule has 8 heteroatoms. The Morgan fingerprint density at radius 3 is 3.19 bits per heavy atom. The van der Waals surface area contributed by atoms with E-state index in [1.807, 2.05) is 0 Å². The van der Waals surface area contributed by atoms with Gasteiger partial charge in [-0.25, -0.2) is 18.9 Å². The highest BCUT2D eigenvalue weighted by molar-refractivity contribution is 6.33. The molecule has 0 saturated carbocycles. The molecular weight excluding hydrogens is 297 g/mol. The van der Waals surface area contributed by atoms with Gasteiger partial charge in [0.05, 0.1) is 23.3 Å². The molecule has 2 heterocycles. The minimum absolute atomic E-state index is 0.0495. The Hall–Kier alpha value is -2.15. The second-order valence-corrected chi connectivity index (χ2v) is 5.22. The van der Waals surface area contributed by atoms with E-state index in [9.17, 15) is 9.18 Å². The molecule has 0 bridgehead atoms. The molecule has 0 aliphatic carbocycles. The Bertz CT molecular complexity index is 674. The summed E-state index contributed by atoms with van der Waals surface area (Å²) in [4.78, 5) is 16.1. The highest BCUT2D eigenvalue weighted by Gasteiger charge is 2.21. The van der Waals surface area contributed by atoms with E-state index in [4.69, 9.17) is 11.6 Å². The van der Waals surface area contributed by atoms with E-state index in [0.717, 1.165) is 18.7 Å². The second kappa shape index (κ2) is 5.69. The Kier molecular flexibility index (Phi) is 3.74. The van der Waals surface area contributed by atoms with Crippen molar-refractivity contribution in [1.29, 1.82) is 0 Å². The maximum absolute atomic E-state index is 13.1. The fourth-order valence-corrected chi connectivity index (χ4v) is 2.46. The third-order valence-corrected chi connectivity index (χ3v) is 3.65. The number of urea groups is 1. The average molecular weight is 310 g/mol. The van der Waals surface area contributed by atoms with Crippen LogP contribution in [0.3, 0.4) is 0 Å². The lowest BCUT2D eigenvalue weighted by Crippen LogP contribution is -2.43. The van der Waals surface area contributed by atoms with E-state index >= 15 is 0 Å². The summed E-state index contributed by atoms with van der Waals surface area (Å²) in [5, 5.41) is 9.75. The predicted molar refractivity (Wildman–Crippen MR) is 75.7 cm³/mol. The van der Waals surface area contributed by atoms with Gasteiger partial charge in [-0.05, 0) is 24.6 Å². The zero-order valence-corrected chi connectivity index (χ0v) is 11.8. The highest BCUT2D eigenvalue weighted by Crippen LogP contribution is 2.22. The van der Waals surface area contributed by atoms with Crippen LogP contribution in [0.5, 0.6) is 0 Å². The van der Waals surface area contributed by atoms with Gasteiger partial charge >= 0.3 is 6.03 Å². The predicted octanol–water partition coefficient (Wildman–Crippen LogP) is 2.21. The Morgan fingerprint density at radius 2 is 2.33 bits per heavy atom. The smallest absolute Gasteiger partial charge is 0.319 e. The minimum Gasteiger partial charge on any atom is -0.333 e. The van der Waals surface area contributed by atoms with Crippen LogP contribution < -0.4 is 10.6 Å². The van der Waals surface area contributed by atoms with Crippen LogP contribution in [0, 0.1) is 5.82 Å². The third kappa shape index (κ3) is 3.13. The van der Waals surface area contributed by atoms with Crippen molar-refractivity contribution in [3.8, 4) is 0 Å². The van der Waals surface area contributed by atoms with Gasteiger partial charge in [0.25, 0.3) is 0 Å². The maximum atomic E-state index is 13.1. The van der Waals surface area contributed by atoms with Crippen LogP contribution in [0.1, 0.15) is 12.2 Å². The van der Waals surface area contributed by atoms with Crippen LogP contribution in [0.15, 0.2) is 24.5 Å². The van der Waals surface area contributed by atoms with Gasteiger partial charge in [-0.3, -0.25) is 0 Å². The molecule has 1 aliphatic heterocycles. The Labute approximate surface area is 125 Å². The number of rotatable bonds is 2. The van der Waals surface area contributed by atoms with Crippen molar-refractivity contribution in [3.63, 3.8) is 0 Å². The van der Waals surface area contributed by atoms with Gasteiger partial charge in [-0.15, -0.1) is 0 Å². The summed E-state index contributed by atoms with van der Waals surface area (Å²) in [7, 11) is 0. The topological polar surface area (TPSA) is 71.8 Å². The van der Waals surface area contributed by atoms with E-state index in [-0.39, 0.29) is 16.8 Å². The number of aryl methyl sites for hydroxylation is 1. The molecule has 1 aromatic carbocycles. The monoisotopic (exact) mass is 309 g/mol.